The lowest BCUT2D eigenvalue weighted by molar-refractivity contribution is -0.159. The molecule has 0 aliphatic carbocycles. The number of aromatic nitrogens is 3. The van der Waals surface area contributed by atoms with Gasteiger partial charge < -0.3 is 24.5 Å². The molecule has 0 radical (unpaired) electrons. The van der Waals surface area contributed by atoms with E-state index in [-0.39, 0.29) is 49.4 Å². The van der Waals surface area contributed by atoms with Gasteiger partial charge in [-0.25, -0.2) is 4.68 Å². The fraction of sp³-hybridized carbons (Fsp3) is 0.594. The van der Waals surface area contributed by atoms with Gasteiger partial charge in [-0.2, -0.15) is 0 Å². The molecule has 3 aliphatic heterocycles. The summed E-state index contributed by atoms with van der Waals surface area (Å²) >= 11 is 0. The maximum Gasteiger partial charge on any atom is 0.250 e. The topological polar surface area (TPSA) is 121 Å². The van der Waals surface area contributed by atoms with E-state index in [4.69, 9.17) is 4.74 Å². The van der Waals surface area contributed by atoms with Crippen LogP contribution in [-0.2, 0) is 25.8 Å². The zero-order valence-electron chi connectivity index (χ0n) is 25.8. The van der Waals surface area contributed by atoms with Gasteiger partial charge in [-0.1, -0.05) is 56.7 Å². The molecule has 1 N–H and O–H groups in total. The van der Waals surface area contributed by atoms with E-state index in [0.29, 0.717) is 24.9 Å². The van der Waals surface area contributed by atoms with Gasteiger partial charge in [-0.3, -0.25) is 14.4 Å². The summed E-state index contributed by atoms with van der Waals surface area (Å²) in [4.78, 5) is 48.3. The van der Waals surface area contributed by atoms with Crippen molar-refractivity contribution in [3.8, 4) is 0 Å². The number of hydrogen-bond acceptors (Lipinski definition) is 7. The van der Waals surface area contributed by atoms with Gasteiger partial charge in [0, 0.05) is 20.1 Å². The van der Waals surface area contributed by atoms with Crippen molar-refractivity contribution in [2.75, 3.05) is 26.7 Å². The van der Waals surface area contributed by atoms with Gasteiger partial charge in [0.05, 0.1) is 35.6 Å². The van der Waals surface area contributed by atoms with Gasteiger partial charge in [-0.05, 0) is 37.3 Å². The largest absolute Gasteiger partial charge is 0.394 e. The molecule has 1 aromatic carbocycles. The number of amides is 3. The lowest BCUT2D eigenvalue weighted by atomic mass is 9.62. The smallest absolute Gasteiger partial charge is 0.250 e. The van der Waals surface area contributed by atoms with E-state index >= 15 is 0 Å². The number of aliphatic hydroxyl groups excluding tert-OH is 1. The van der Waals surface area contributed by atoms with Crippen LogP contribution in [0.25, 0.3) is 11.0 Å². The Balaban J connectivity index is 1.63. The summed E-state index contributed by atoms with van der Waals surface area (Å²) in [7, 11) is 1.69. The third-order valence-corrected chi connectivity index (χ3v) is 10.3. The highest BCUT2D eigenvalue weighted by molar-refractivity contribution is 5.99. The Morgan fingerprint density at radius 3 is 2.58 bits per heavy atom. The van der Waals surface area contributed by atoms with Crippen LogP contribution >= 0.6 is 0 Å². The summed E-state index contributed by atoms with van der Waals surface area (Å²) in [5.74, 6) is -2.70. The second kappa shape index (κ2) is 11.5. The predicted molar refractivity (Wildman–Crippen MR) is 161 cm³/mol. The number of likely N-dealkylation sites (N-methyl/N-ethyl adjacent to an activating group) is 1. The summed E-state index contributed by atoms with van der Waals surface area (Å²) in [6.45, 7) is 15.8. The van der Waals surface area contributed by atoms with E-state index in [2.05, 4.69) is 23.5 Å². The first kappa shape index (κ1) is 30.9. The molecule has 3 aliphatic rings. The second-order valence-electron chi connectivity index (χ2n) is 12.7. The van der Waals surface area contributed by atoms with E-state index in [0.717, 1.165) is 5.52 Å². The number of ether oxygens (including phenoxy) is 1. The number of aliphatic hydroxyl groups is 1. The van der Waals surface area contributed by atoms with Gasteiger partial charge >= 0.3 is 0 Å². The molecule has 3 unspecified atom stereocenters. The number of carbonyl (C=O) groups excluding carboxylic acids is 3. The minimum absolute atomic E-state index is 0.0784. The Morgan fingerprint density at radius 2 is 1.93 bits per heavy atom. The minimum atomic E-state index is -1.23. The van der Waals surface area contributed by atoms with Crippen LogP contribution in [0.5, 0.6) is 0 Å². The van der Waals surface area contributed by atoms with E-state index in [1.165, 1.54) is 0 Å². The van der Waals surface area contributed by atoms with Crippen molar-refractivity contribution < 1.29 is 24.2 Å². The van der Waals surface area contributed by atoms with Gasteiger partial charge in [0.25, 0.3) is 0 Å². The van der Waals surface area contributed by atoms with Crippen LogP contribution in [0.3, 0.4) is 0 Å². The van der Waals surface area contributed by atoms with E-state index in [1.807, 2.05) is 52.0 Å². The van der Waals surface area contributed by atoms with Crippen LogP contribution in [0.1, 0.15) is 40.5 Å². The summed E-state index contributed by atoms with van der Waals surface area (Å²) in [5.41, 5.74) is -0.704. The third-order valence-electron chi connectivity index (χ3n) is 10.3. The van der Waals surface area contributed by atoms with Crippen LogP contribution in [-0.4, -0.2) is 103 Å². The number of nitrogens with zero attached hydrogens (tertiary/aromatic N) is 6. The predicted octanol–water partition coefficient (Wildman–Crippen LogP) is 2.47. The number of fused-ring (bicyclic) bond motifs is 2. The number of hydrogen-bond donors (Lipinski definition) is 1. The standard InChI is InChI=1S/C32H44N6O5/c1-8-15-35(7)28(40)25-26-29(41)38(24(18-39)20(4)10-3)27(32(26)17-21(5)31(25,6)43-32)30(42)36(16-9-2)19-37-23-14-12-11-13-22(23)33-34-37/h8-9,11-14,20-21,24-27,39H,1-2,10,15-19H2,3-7H3/t20-,21?,24-,25-,26-,27?,31+,32?/m0/s1. The minimum Gasteiger partial charge on any atom is -0.394 e. The average molecular weight is 593 g/mol. The fourth-order valence-electron chi connectivity index (χ4n) is 7.75. The molecule has 43 heavy (non-hydrogen) atoms. The van der Waals surface area contributed by atoms with Crippen LogP contribution in [0.15, 0.2) is 49.6 Å². The van der Waals surface area contributed by atoms with Crippen molar-refractivity contribution >= 4 is 28.8 Å². The monoisotopic (exact) mass is 592 g/mol. The van der Waals surface area contributed by atoms with Crippen LogP contribution in [0, 0.1) is 23.7 Å². The van der Waals surface area contributed by atoms with Crippen molar-refractivity contribution in [2.24, 2.45) is 23.7 Å². The van der Waals surface area contributed by atoms with Crippen molar-refractivity contribution in [2.45, 2.75) is 70.5 Å². The average Bonchev–Trinajstić information content (AvgIpc) is 3.66. The summed E-state index contributed by atoms with van der Waals surface area (Å²) < 4.78 is 8.55. The molecular weight excluding hydrogens is 548 g/mol. The molecule has 1 spiro atoms. The molecule has 8 atom stereocenters. The molecule has 4 heterocycles. The van der Waals surface area contributed by atoms with Gasteiger partial charge in [0.15, 0.2) is 0 Å². The lowest BCUT2D eigenvalue weighted by Gasteiger charge is -2.41. The van der Waals surface area contributed by atoms with Gasteiger partial charge in [0.2, 0.25) is 17.7 Å². The maximum atomic E-state index is 14.9. The molecule has 3 amide bonds. The molecule has 232 valence electrons. The first-order valence-electron chi connectivity index (χ1n) is 15.2. The van der Waals surface area contributed by atoms with Crippen LogP contribution < -0.4 is 0 Å². The van der Waals surface area contributed by atoms with E-state index in [1.54, 1.807) is 38.6 Å². The SMILES string of the molecule is C=CCN(C)C(=O)[C@@H]1[C@H]2C(=O)N([C@@H](CO)[C@@H](C)CC)C(C(=O)N(CC=C)Cn3nnc4ccccc43)C23CC(C)[C@@]1(C)O3. The van der Waals surface area contributed by atoms with Crippen LogP contribution in [0.4, 0.5) is 0 Å². The van der Waals surface area contributed by atoms with E-state index < -0.39 is 35.1 Å². The molecular formula is C32H44N6O5. The normalized spacial score (nSPS) is 30.7. The zero-order valence-corrected chi connectivity index (χ0v) is 25.8. The number of carbonyl (C=O) groups is 3. The molecule has 2 aromatic rings. The number of rotatable bonds is 12. The number of benzene rings is 1. The molecule has 3 fully saturated rings. The Morgan fingerprint density at radius 1 is 1.23 bits per heavy atom. The Kier molecular flexibility index (Phi) is 8.26. The lowest BCUT2D eigenvalue weighted by Crippen LogP contribution is -2.60. The maximum absolute atomic E-state index is 14.9. The van der Waals surface area contributed by atoms with E-state index in [9.17, 15) is 19.5 Å². The molecule has 5 rings (SSSR count). The molecule has 3 saturated heterocycles. The van der Waals surface area contributed by atoms with Crippen molar-refractivity contribution in [3.05, 3.63) is 49.6 Å². The first-order chi connectivity index (χ1) is 20.5. The molecule has 11 nitrogen and oxygen atoms in total. The molecule has 2 bridgehead atoms. The highest BCUT2D eigenvalue weighted by Gasteiger charge is 2.80. The molecule has 0 saturated carbocycles. The van der Waals surface area contributed by atoms with Crippen molar-refractivity contribution in [1.29, 1.82) is 0 Å². The zero-order chi connectivity index (χ0) is 31.3. The highest BCUT2D eigenvalue weighted by atomic mass is 16.5. The summed E-state index contributed by atoms with van der Waals surface area (Å²) in [6, 6.07) is 5.82. The summed E-state index contributed by atoms with van der Waals surface area (Å²) in [6.07, 6.45) is 4.41. The second-order valence-corrected chi connectivity index (χ2v) is 12.7. The fourth-order valence-corrected chi connectivity index (χ4v) is 7.75. The quantitative estimate of drug-likeness (QED) is 0.376. The van der Waals surface area contributed by atoms with Gasteiger partial charge in [-0.15, -0.1) is 18.3 Å². The number of likely N-dealkylation sites (tertiary alicyclic amines) is 1. The molecule has 1 aromatic heterocycles. The Hall–Kier alpha value is -3.57. The first-order valence-corrected chi connectivity index (χ1v) is 15.2. The summed E-state index contributed by atoms with van der Waals surface area (Å²) in [5, 5.41) is 19.2. The van der Waals surface area contributed by atoms with Crippen LogP contribution in [0.2, 0.25) is 0 Å². The highest BCUT2D eigenvalue weighted by Crippen LogP contribution is 2.66. The Labute approximate surface area is 253 Å². The van der Waals surface area contributed by atoms with Crippen molar-refractivity contribution in [1.82, 2.24) is 29.7 Å². The Bertz CT molecular complexity index is 1430. The third kappa shape index (κ3) is 4.59. The van der Waals surface area contributed by atoms with Gasteiger partial charge in [0.1, 0.15) is 23.8 Å². The number of para-hydroxylation sites is 1. The van der Waals surface area contributed by atoms with Crippen molar-refractivity contribution in [3.63, 3.8) is 0 Å². The molecule has 11 heteroatoms.